The maximum absolute atomic E-state index is 13.5. The Hall–Kier alpha value is -3.47. The summed E-state index contributed by atoms with van der Waals surface area (Å²) >= 11 is 6.81. The molecule has 182 valence electrons. The predicted octanol–water partition coefficient (Wildman–Crippen LogP) is 5.38. The van der Waals surface area contributed by atoms with E-state index in [-0.39, 0.29) is 39.0 Å². The van der Waals surface area contributed by atoms with Crippen LogP contribution in [0.25, 0.3) is 11.3 Å². The number of benzene rings is 3. The van der Waals surface area contributed by atoms with E-state index in [9.17, 15) is 17.6 Å². The summed E-state index contributed by atoms with van der Waals surface area (Å²) in [5, 5.41) is 2.79. The fraction of sp³-hybridized carbons (Fsp3) is 0.0800. The van der Waals surface area contributed by atoms with Crippen molar-refractivity contribution in [1.29, 1.82) is 0 Å². The van der Waals surface area contributed by atoms with Crippen LogP contribution >= 0.6 is 23.4 Å². The molecule has 0 bridgehead atoms. The van der Waals surface area contributed by atoms with Crippen molar-refractivity contribution in [3.05, 3.63) is 95.4 Å². The second kappa shape index (κ2) is 9.88. The number of fused-ring (bicyclic) bond motifs is 3. The van der Waals surface area contributed by atoms with Crippen LogP contribution in [0, 0.1) is 5.82 Å². The van der Waals surface area contributed by atoms with Gasteiger partial charge in [-0.05, 0) is 29.8 Å². The van der Waals surface area contributed by atoms with Gasteiger partial charge in [0.05, 0.1) is 34.9 Å². The van der Waals surface area contributed by atoms with Crippen LogP contribution in [0.5, 0.6) is 0 Å². The standard InChI is InChI=1S/C25H18ClFN4O3S2/c26-19-12-17(10-11-20(19)27)29-23(32)15-35-25-28-13-22-24(30-25)18-8-4-5-9-21(18)31(36(22,33)34)14-16-6-2-1-3-7-16/h1-13H,14-15H2,(H,29,32). The first-order chi connectivity index (χ1) is 17.3. The van der Waals surface area contributed by atoms with E-state index >= 15 is 0 Å². The molecule has 0 unspecified atom stereocenters. The molecule has 0 spiro atoms. The molecule has 0 atom stereocenters. The van der Waals surface area contributed by atoms with Gasteiger partial charge in [0.25, 0.3) is 10.0 Å². The highest BCUT2D eigenvalue weighted by Gasteiger charge is 2.36. The minimum absolute atomic E-state index is 0.00638. The molecule has 0 saturated heterocycles. The van der Waals surface area contributed by atoms with Crippen molar-refractivity contribution in [2.24, 2.45) is 0 Å². The molecule has 0 radical (unpaired) electrons. The number of rotatable bonds is 6. The van der Waals surface area contributed by atoms with Crippen molar-refractivity contribution in [3.8, 4) is 11.3 Å². The lowest BCUT2D eigenvalue weighted by atomic mass is 10.1. The molecule has 1 aliphatic rings. The number of nitrogens with one attached hydrogen (secondary N) is 1. The minimum atomic E-state index is -3.91. The van der Waals surface area contributed by atoms with E-state index in [2.05, 4.69) is 15.3 Å². The fourth-order valence-electron chi connectivity index (χ4n) is 3.77. The number of sulfonamides is 1. The van der Waals surface area contributed by atoms with E-state index in [0.29, 0.717) is 16.9 Å². The third kappa shape index (κ3) is 4.79. The molecule has 4 aromatic rings. The summed E-state index contributed by atoms with van der Waals surface area (Å²) in [7, 11) is -3.91. The Kier molecular flexibility index (Phi) is 6.65. The number of thioether (sulfide) groups is 1. The number of hydrogen-bond acceptors (Lipinski definition) is 6. The molecule has 0 aliphatic carbocycles. The van der Waals surface area contributed by atoms with Crippen molar-refractivity contribution in [1.82, 2.24) is 9.97 Å². The van der Waals surface area contributed by atoms with Gasteiger partial charge in [0.2, 0.25) is 5.91 Å². The van der Waals surface area contributed by atoms with E-state index in [1.807, 2.05) is 42.5 Å². The number of anilines is 2. The molecule has 2 heterocycles. The Morgan fingerprint density at radius 2 is 1.81 bits per heavy atom. The first-order valence-corrected chi connectivity index (χ1v) is 13.5. The summed E-state index contributed by atoms with van der Waals surface area (Å²) in [4.78, 5) is 21.1. The highest BCUT2D eigenvalue weighted by atomic mass is 35.5. The second-order valence-electron chi connectivity index (χ2n) is 7.85. The van der Waals surface area contributed by atoms with E-state index in [1.165, 1.54) is 22.6 Å². The molecule has 5 rings (SSSR count). The monoisotopic (exact) mass is 540 g/mol. The molecule has 3 aromatic carbocycles. The Balaban J connectivity index is 1.39. The number of halogens is 2. The summed E-state index contributed by atoms with van der Waals surface area (Å²) in [5.74, 6) is -0.988. The zero-order chi connectivity index (χ0) is 25.3. The van der Waals surface area contributed by atoms with E-state index in [4.69, 9.17) is 11.6 Å². The van der Waals surface area contributed by atoms with Gasteiger partial charge >= 0.3 is 0 Å². The normalized spacial score (nSPS) is 13.6. The number of nitrogens with zero attached hydrogens (tertiary/aromatic N) is 3. The first-order valence-electron chi connectivity index (χ1n) is 10.7. The summed E-state index contributed by atoms with van der Waals surface area (Å²) in [5.41, 5.74) is 2.68. The lowest BCUT2D eigenvalue weighted by Gasteiger charge is -2.31. The van der Waals surface area contributed by atoms with E-state index < -0.39 is 15.8 Å². The molecule has 1 N–H and O–H groups in total. The van der Waals surface area contributed by atoms with Crippen LogP contribution in [-0.4, -0.2) is 30.0 Å². The van der Waals surface area contributed by atoms with E-state index in [0.717, 1.165) is 23.4 Å². The van der Waals surface area contributed by atoms with Gasteiger partial charge in [-0.3, -0.25) is 9.10 Å². The maximum atomic E-state index is 13.5. The number of amides is 1. The highest BCUT2D eigenvalue weighted by molar-refractivity contribution is 7.99. The minimum Gasteiger partial charge on any atom is -0.325 e. The molecule has 1 aliphatic heterocycles. The second-order valence-corrected chi connectivity index (χ2v) is 11.0. The molecule has 1 amide bonds. The predicted molar refractivity (Wildman–Crippen MR) is 138 cm³/mol. The average Bonchev–Trinajstić information content (AvgIpc) is 2.88. The van der Waals surface area contributed by atoms with Crippen LogP contribution in [0.15, 0.2) is 89.0 Å². The van der Waals surface area contributed by atoms with Crippen LogP contribution in [0.4, 0.5) is 15.8 Å². The van der Waals surface area contributed by atoms with Crippen LogP contribution in [-0.2, 0) is 21.4 Å². The van der Waals surface area contributed by atoms with Crippen LogP contribution in [0.1, 0.15) is 5.56 Å². The van der Waals surface area contributed by atoms with Crippen molar-refractivity contribution in [3.63, 3.8) is 0 Å². The number of carbonyl (C=O) groups is 1. The summed E-state index contributed by atoms with van der Waals surface area (Å²) in [6, 6.07) is 20.4. The molecule has 36 heavy (non-hydrogen) atoms. The van der Waals surface area contributed by atoms with Gasteiger partial charge in [-0.25, -0.2) is 22.8 Å². The molecular formula is C25H18ClFN4O3S2. The zero-order valence-electron chi connectivity index (χ0n) is 18.6. The average molecular weight is 541 g/mol. The Morgan fingerprint density at radius 3 is 2.58 bits per heavy atom. The van der Waals surface area contributed by atoms with Crippen LogP contribution < -0.4 is 9.62 Å². The molecule has 7 nitrogen and oxygen atoms in total. The number of carbonyl (C=O) groups excluding carboxylic acids is 1. The van der Waals surface area contributed by atoms with Gasteiger partial charge < -0.3 is 5.32 Å². The van der Waals surface area contributed by atoms with Gasteiger partial charge in [0.1, 0.15) is 10.7 Å². The molecular weight excluding hydrogens is 523 g/mol. The van der Waals surface area contributed by atoms with Crippen molar-refractivity contribution in [2.45, 2.75) is 16.6 Å². The lowest BCUT2D eigenvalue weighted by Crippen LogP contribution is -2.34. The number of hydrogen-bond donors (Lipinski definition) is 1. The molecule has 0 saturated carbocycles. The first kappa shape index (κ1) is 24.2. The lowest BCUT2D eigenvalue weighted by molar-refractivity contribution is -0.113. The van der Waals surface area contributed by atoms with Gasteiger partial charge in [0, 0.05) is 11.3 Å². The largest absolute Gasteiger partial charge is 0.325 e. The summed E-state index contributed by atoms with van der Waals surface area (Å²) < 4.78 is 41.8. The van der Waals surface area contributed by atoms with Gasteiger partial charge in [-0.2, -0.15) is 0 Å². The van der Waals surface area contributed by atoms with Crippen molar-refractivity contribution >= 4 is 50.7 Å². The van der Waals surface area contributed by atoms with Crippen molar-refractivity contribution < 1.29 is 17.6 Å². The third-order valence-electron chi connectivity index (χ3n) is 5.43. The van der Waals surface area contributed by atoms with E-state index in [1.54, 1.807) is 12.1 Å². The quantitative estimate of drug-likeness (QED) is 0.261. The van der Waals surface area contributed by atoms with Gasteiger partial charge in [0.15, 0.2) is 5.16 Å². The Labute approximate surface area is 216 Å². The molecule has 0 fully saturated rings. The Morgan fingerprint density at radius 1 is 1.06 bits per heavy atom. The summed E-state index contributed by atoms with van der Waals surface area (Å²) in [6.07, 6.45) is 1.28. The third-order valence-corrected chi connectivity index (χ3v) is 8.35. The smallest absolute Gasteiger partial charge is 0.268 e. The van der Waals surface area contributed by atoms with Crippen LogP contribution in [0.3, 0.4) is 0 Å². The molecule has 11 heteroatoms. The summed E-state index contributed by atoms with van der Waals surface area (Å²) in [6.45, 7) is 0.170. The maximum Gasteiger partial charge on any atom is 0.268 e. The Bertz CT molecular complexity index is 1570. The topological polar surface area (TPSA) is 92.3 Å². The van der Waals surface area contributed by atoms with Gasteiger partial charge in [-0.1, -0.05) is 71.9 Å². The number of para-hydroxylation sites is 1. The van der Waals surface area contributed by atoms with Crippen molar-refractivity contribution in [2.75, 3.05) is 15.4 Å². The number of aromatic nitrogens is 2. The SMILES string of the molecule is O=C(CSc1ncc2c(n1)-c1ccccc1N(Cc1ccccc1)S2(=O)=O)Nc1ccc(F)c(Cl)c1. The van der Waals surface area contributed by atoms with Gasteiger partial charge in [-0.15, -0.1) is 0 Å². The highest BCUT2D eigenvalue weighted by Crippen LogP contribution is 2.42. The zero-order valence-corrected chi connectivity index (χ0v) is 20.9. The fourth-order valence-corrected chi connectivity index (χ4v) is 6.12. The van der Waals surface area contributed by atoms with Crippen LogP contribution in [0.2, 0.25) is 5.02 Å². The molecule has 1 aromatic heterocycles.